The van der Waals surface area contributed by atoms with E-state index in [-0.39, 0.29) is 0 Å². The maximum absolute atomic E-state index is 5.45. The van der Waals surface area contributed by atoms with E-state index >= 15 is 0 Å². The standard InChI is InChI=1S/C10H23BO/c1-4-5-6-7-8-9-10-12-11(2)3/h4-10H2,1-3H3. The first-order valence-electron chi connectivity index (χ1n) is 5.39. The van der Waals surface area contributed by atoms with Gasteiger partial charge in [-0.1, -0.05) is 52.7 Å². The van der Waals surface area contributed by atoms with Crippen molar-refractivity contribution in [2.45, 2.75) is 59.1 Å². The highest BCUT2D eigenvalue weighted by molar-refractivity contribution is 6.48. The van der Waals surface area contributed by atoms with E-state index in [4.69, 9.17) is 4.65 Å². The lowest BCUT2D eigenvalue weighted by atomic mass is 9.75. The molecule has 0 heterocycles. The van der Waals surface area contributed by atoms with Gasteiger partial charge < -0.3 is 4.65 Å². The normalized spacial score (nSPS) is 10.2. The summed E-state index contributed by atoms with van der Waals surface area (Å²) in [5, 5.41) is 0. The van der Waals surface area contributed by atoms with Gasteiger partial charge >= 0.3 is 0 Å². The molecule has 0 aromatic heterocycles. The molecule has 0 bridgehead atoms. The molecule has 0 aliphatic carbocycles. The maximum Gasteiger partial charge on any atom is 0.286 e. The molecule has 0 saturated carbocycles. The highest BCUT2D eigenvalue weighted by Gasteiger charge is 1.97. The molecule has 2 heteroatoms. The van der Waals surface area contributed by atoms with Crippen LogP contribution in [0.5, 0.6) is 0 Å². The Kier molecular flexibility index (Phi) is 9.13. The van der Waals surface area contributed by atoms with Crippen molar-refractivity contribution in [3.05, 3.63) is 0 Å². The van der Waals surface area contributed by atoms with Gasteiger partial charge in [0.25, 0.3) is 6.92 Å². The predicted molar refractivity (Wildman–Crippen MR) is 56.8 cm³/mol. The van der Waals surface area contributed by atoms with Crippen molar-refractivity contribution < 1.29 is 4.65 Å². The predicted octanol–water partition coefficient (Wildman–Crippen LogP) is 3.61. The molecule has 0 atom stereocenters. The minimum absolute atomic E-state index is 0.403. The largest absolute Gasteiger partial charge is 0.436 e. The van der Waals surface area contributed by atoms with Crippen molar-refractivity contribution in [3.8, 4) is 0 Å². The molecular weight excluding hydrogens is 147 g/mol. The van der Waals surface area contributed by atoms with Gasteiger partial charge in [0.1, 0.15) is 0 Å². The third-order valence-corrected chi connectivity index (χ3v) is 1.95. The summed E-state index contributed by atoms with van der Waals surface area (Å²) in [6.07, 6.45) is 8.09. The Morgan fingerprint density at radius 1 is 0.917 bits per heavy atom. The van der Waals surface area contributed by atoms with Crippen LogP contribution in [0.3, 0.4) is 0 Å². The minimum Gasteiger partial charge on any atom is -0.436 e. The van der Waals surface area contributed by atoms with Gasteiger partial charge in [0, 0.05) is 6.61 Å². The SMILES string of the molecule is CCCCCCCCOB(C)C. The summed E-state index contributed by atoms with van der Waals surface area (Å²) >= 11 is 0. The van der Waals surface area contributed by atoms with Gasteiger partial charge in [-0.05, 0) is 6.42 Å². The Morgan fingerprint density at radius 3 is 2.08 bits per heavy atom. The van der Waals surface area contributed by atoms with Crippen molar-refractivity contribution in [1.82, 2.24) is 0 Å². The maximum atomic E-state index is 5.45. The molecular formula is C10H23BO. The summed E-state index contributed by atoms with van der Waals surface area (Å²) in [5.74, 6) is 0. The molecule has 0 aromatic rings. The summed E-state index contributed by atoms with van der Waals surface area (Å²) in [5.41, 5.74) is 0. The first-order chi connectivity index (χ1) is 5.77. The van der Waals surface area contributed by atoms with Crippen molar-refractivity contribution in [1.29, 1.82) is 0 Å². The first kappa shape index (κ1) is 12.0. The van der Waals surface area contributed by atoms with Crippen LogP contribution in [-0.4, -0.2) is 13.5 Å². The molecule has 0 fully saturated rings. The van der Waals surface area contributed by atoms with E-state index in [0.717, 1.165) is 6.61 Å². The van der Waals surface area contributed by atoms with Crippen molar-refractivity contribution in [2.24, 2.45) is 0 Å². The van der Waals surface area contributed by atoms with Crippen LogP contribution in [0.1, 0.15) is 45.4 Å². The van der Waals surface area contributed by atoms with E-state index in [1.165, 1.54) is 38.5 Å². The summed E-state index contributed by atoms with van der Waals surface area (Å²) < 4.78 is 5.45. The second-order valence-corrected chi connectivity index (χ2v) is 3.69. The third kappa shape index (κ3) is 10.0. The van der Waals surface area contributed by atoms with Crippen LogP contribution in [0.4, 0.5) is 0 Å². The zero-order chi connectivity index (χ0) is 9.23. The molecule has 0 spiro atoms. The second kappa shape index (κ2) is 9.12. The number of unbranched alkanes of at least 4 members (excludes halogenated alkanes) is 5. The smallest absolute Gasteiger partial charge is 0.286 e. The van der Waals surface area contributed by atoms with Gasteiger partial charge in [-0.25, -0.2) is 0 Å². The zero-order valence-corrected chi connectivity index (χ0v) is 8.94. The van der Waals surface area contributed by atoms with Gasteiger partial charge in [0.05, 0.1) is 0 Å². The Hall–Kier alpha value is 0.0249. The van der Waals surface area contributed by atoms with Gasteiger partial charge in [-0.2, -0.15) is 0 Å². The Balaban J connectivity index is 2.82. The Labute approximate surface area is 78.0 Å². The molecule has 1 nitrogen and oxygen atoms in total. The minimum atomic E-state index is 0.403. The van der Waals surface area contributed by atoms with E-state index < -0.39 is 0 Å². The quantitative estimate of drug-likeness (QED) is 0.399. The summed E-state index contributed by atoms with van der Waals surface area (Å²) in [4.78, 5) is 0. The van der Waals surface area contributed by atoms with E-state index in [1.54, 1.807) is 0 Å². The Bertz CT molecular complexity index is 83.9. The Morgan fingerprint density at radius 2 is 1.50 bits per heavy atom. The monoisotopic (exact) mass is 170 g/mol. The average Bonchev–Trinajstić information content (AvgIpc) is 2.02. The van der Waals surface area contributed by atoms with E-state index in [0.29, 0.717) is 6.92 Å². The van der Waals surface area contributed by atoms with Gasteiger partial charge in [0.2, 0.25) is 0 Å². The third-order valence-electron chi connectivity index (χ3n) is 1.95. The molecule has 0 unspecified atom stereocenters. The van der Waals surface area contributed by atoms with Crippen molar-refractivity contribution in [2.75, 3.05) is 6.61 Å². The molecule has 0 aromatic carbocycles. The van der Waals surface area contributed by atoms with Crippen LogP contribution < -0.4 is 0 Å². The van der Waals surface area contributed by atoms with Crippen LogP contribution in [0.2, 0.25) is 13.6 Å². The average molecular weight is 170 g/mol. The summed E-state index contributed by atoms with van der Waals surface area (Å²) in [6, 6.07) is 0. The zero-order valence-electron chi connectivity index (χ0n) is 8.94. The fourth-order valence-corrected chi connectivity index (χ4v) is 1.20. The number of hydrogen-bond acceptors (Lipinski definition) is 1. The molecule has 0 saturated heterocycles. The second-order valence-electron chi connectivity index (χ2n) is 3.69. The molecule has 0 N–H and O–H groups in total. The van der Waals surface area contributed by atoms with Crippen LogP contribution in [0.25, 0.3) is 0 Å². The molecule has 0 aliphatic heterocycles. The van der Waals surface area contributed by atoms with Crippen LogP contribution >= 0.6 is 0 Å². The van der Waals surface area contributed by atoms with E-state index in [1.807, 2.05) is 0 Å². The van der Waals surface area contributed by atoms with Crippen molar-refractivity contribution in [3.63, 3.8) is 0 Å². The lowest BCUT2D eigenvalue weighted by Gasteiger charge is -2.04. The highest BCUT2D eigenvalue weighted by atomic mass is 16.4. The molecule has 0 aliphatic rings. The number of rotatable bonds is 8. The van der Waals surface area contributed by atoms with Crippen molar-refractivity contribution >= 4 is 6.92 Å². The fourth-order valence-electron chi connectivity index (χ4n) is 1.20. The van der Waals surface area contributed by atoms with Gasteiger partial charge in [-0.3, -0.25) is 0 Å². The highest BCUT2D eigenvalue weighted by Crippen LogP contribution is 2.04. The molecule has 0 amide bonds. The molecule has 72 valence electrons. The molecule has 0 radical (unpaired) electrons. The van der Waals surface area contributed by atoms with E-state index in [9.17, 15) is 0 Å². The topological polar surface area (TPSA) is 9.23 Å². The van der Waals surface area contributed by atoms with Gasteiger partial charge in [0.15, 0.2) is 0 Å². The first-order valence-corrected chi connectivity index (χ1v) is 5.39. The molecule has 12 heavy (non-hydrogen) atoms. The number of hydrogen-bond donors (Lipinski definition) is 0. The summed E-state index contributed by atoms with van der Waals surface area (Å²) in [7, 11) is 0. The van der Waals surface area contributed by atoms with Crippen LogP contribution in [-0.2, 0) is 4.65 Å². The fraction of sp³-hybridized carbons (Fsp3) is 1.00. The van der Waals surface area contributed by atoms with E-state index in [2.05, 4.69) is 20.6 Å². The lowest BCUT2D eigenvalue weighted by molar-refractivity contribution is 0.312. The van der Waals surface area contributed by atoms with Gasteiger partial charge in [-0.15, -0.1) is 0 Å². The lowest BCUT2D eigenvalue weighted by Crippen LogP contribution is -2.08. The summed E-state index contributed by atoms with van der Waals surface area (Å²) in [6.45, 7) is 7.79. The molecule has 0 rings (SSSR count). The van der Waals surface area contributed by atoms with Crippen LogP contribution in [0.15, 0.2) is 0 Å². The van der Waals surface area contributed by atoms with Crippen LogP contribution in [0, 0.1) is 0 Å².